The second kappa shape index (κ2) is 7.87. The molecule has 0 radical (unpaired) electrons. The van der Waals surface area contributed by atoms with Crippen molar-refractivity contribution in [3.63, 3.8) is 0 Å². The van der Waals surface area contributed by atoms with Gasteiger partial charge in [-0.1, -0.05) is 17.7 Å². The van der Waals surface area contributed by atoms with Crippen LogP contribution in [0.3, 0.4) is 0 Å². The number of aryl methyl sites for hydroxylation is 1. The Kier molecular flexibility index (Phi) is 5.12. The van der Waals surface area contributed by atoms with Crippen LogP contribution in [0, 0.1) is 12.8 Å². The zero-order valence-corrected chi connectivity index (χ0v) is 16.0. The number of carbonyl (C=O) groups is 2. The van der Waals surface area contributed by atoms with Crippen LogP contribution in [0.1, 0.15) is 35.2 Å². The predicted molar refractivity (Wildman–Crippen MR) is 106 cm³/mol. The Morgan fingerprint density at radius 3 is 2.10 bits per heavy atom. The lowest BCUT2D eigenvalue weighted by atomic mass is 10.1. The van der Waals surface area contributed by atoms with E-state index in [0.29, 0.717) is 36.6 Å². The number of carboxylic acids is 1. The molecule has 0 aliphatic heterocycles. The van der Waals surface area contributed by atoms with Crippen molar-refractivity contribution in [3.8, 4) is 22.9 Å². The molecule has 2 N–H and O–H groups in total. The molecule has 1 amide bonds. The molecule has 1 aliphatic rings. The van der Waals surface area contributed by atoms with Crippen molar-refractivity contribution in [2.75, 3.05) is 0 Å². The van der Waals surface area contributed by atoms with Gasteiger partial charge in [0.2, 0.25) is 11.8 Å². The highest BCUT2D eigenvalue weighted by atomic mass is 16.4. The fraction of sp³-hybridized carbons (Fsp3) is 0.273. The molecule has 148 valence electrons. The first-order valence-corrected chi connectivity index (χ1v) is 9.54. The van der Waals surface area contributed by atoms with E-state index in [9.17, 15) is 9.59 Å². The smallest absolute Gasteiger partial charge is 0.306 e. The van der Waals surface area contributed by atoms with Crippen LogP contribution in [0.5, 0.6) is 0 Å². The molecule has 29 heavy (non-hydrogen) atoms. The molecule has 7 nitrogen and oxygen atoms in total. The first-order valence-electron chi connectivity index (χ1n) is 9.54. The van der Waals surface area contributed by atoms with Crippen LogP contribution in [0.15, 0.2) is 52.9 Å². The van der Waals surface area contributed by atoms with Gasteiger partial charge in [-0.05, 0) is 62.6 Å². The van der Waals surface area contributed by atoms with E-state index < -0.39 is 5.97 Å². The van der Waals surface area contributed by atoms with E-state index in [-0.39, 0.29) is 17.9 Å². The summed E-state index contributed by atoms with van der Waals surface area (Å²) in [5, 5.41) is 20.2. The van der Waals surface area contributed by atoms with Crippen molar-refractivity contribution in [1.82, 2.24) is 15.5 Å². The predicted octanol–water partition coefficient (Wildman–Crippen LogP) is 3.70. The Bertz CT molecular complexity index is 1020. The Labute approximate surface area is 167 Å². The topological polar surface area (TPSA) is 105 Å². The van der Waals surface area contributed by atoms with Crippen molar-refractivity contribution < 1.29 is 19.1 Å². The number of hydrogen-bond donors (Lipinski definition) is 2. The van der Waals surface area contributed by atoms with Crippen molar-refractivity contribution in [2.45, 2.75) is 32.2 Å². The number of aromatic nitrogens is 2. The molecular formula is C22H21N3O4. The first-order chi connectivity index (χ1) is 14.0. The second-order valence-corrected chi connectivity index (χ2v) is 7.37. The summed E-state index contributed by atoms with van der Waals surface area (Å²) >= 11 is 0. The summed E-state index contributed by atoms with van der Waals surface area (Å²) in [7, 11) is 0. The zero-order valence-electron chi connectivity index (χ0n) is 16.0. The number of benzene rings is 2. The molecule has 4 rings (SSSR count). The SMILES string of the molecule is Cc1ccc(-c2nnc(-c3ccc(C(=O)N[C@@H]4CC[C@H](C(=O)O)C4)cc3)o2)cc1. The summed E-state index contributed by atoms with van der Waals surface area (Å²) in [6, 6.07) is 14.6. The lowest BCUT2D eigenvalue weighted by molar-refractivity contribution is -0.141. The summed E-state index contributed by atoms with van der Waals surface area (Å²) in [6.07, 6.45) is 1.76. The molecule has 0 spiro atoms. The Balaban J connectivity index is 1.42. The molecule has 0 saturated heterocycles. The number of carbonyl (C=O) groups excluding carboxylic acids is 1. The third-order valence-electron chi connectivity index (χ3n) is 5.23. The van der Waals surface area contributed by atoms with Gasteiger partial charge >= 0.3 is 5.97 Å². The highest BCUT2D eigenvalue weighted by Crippen LogP contribution is 2.27. The number of hydrogen-bond acceptors (Lipinski definition) is 5. The largest absolute Gasteiger partial charge is 0.481 e. The molecule has 1 saturated carbocycles. The average Bonchev–Trinajstić information content (AvgIpc) is 3.39. The molecule has 2 atom stereocenters. The zero-order chi connectivity index (χ0) is 20.4. The molecule has 1 fully saturated rings. The van der Waals surface area contributed by atoms with E-state index in [1.165, 1.54) is 0 Å². The van der Waals surface area contributed by atoms with Gasteiger partial charge in [0, 0.05) is 22.7 Å². The van der Waals surface area contributed by atoms with E-state index in [4.69, 9.17) is 9.52 Å². The minimum absolute atomic E-state index is 0.101. The summed E-state index contributed by atoms with van der Waals surface area (Å²) in [4.78, 5) is 23.5. The molecule has 0 bridgehead atoms. The van der Waals surface area contributed by atoms with Crippen LogP contribution >= 0.6 is 0 Å². The van der Waals surface area contributed by atoms with Crippen molar-refractivity contribution in [1.29, 1.82) is 0 Å². The minimum Gasteiger partial charge on any atom is -0.481 e. The number of nitrogens with zero attached hydrogens (tertiary/aromatic N) is 2. The Morgan fingerprint density at radius 1 is 0.966 bits per heavy atom. The van der Waals surface area contributed by atoms with E-state index in [0.717, 1.165) is 16.7 Å². The molecule has 7 heteroatoms. The van der Waals surface area contributed by atoms with Gasteiger partial charge in [0.15, 0.2) is 0 Å². The highest BCUT2D eigenvalue weighted by molar-refractivity contribution is 5.94. The molecule has 0 unspecified atom stereocenters. The van der Waals surface area contributed by atoms with Crippen LogP contribution in [-0.4, -0.2) is 33.2 Å². The molecule has 1 aliphatic carbocycles. The number of amides is 1. The van der Waals surface area contributed by atoms with Crippen LogP contribution < -0.4 is 5.32 Å². The number of aliphatic carboxylic acids is 1. The second-order valence-electron chi connectivity index (χ2n) is 7.37. The number of carboxylic acid groups (broad SMARTS) is 1. The third-order valence-corrected chi connectivity index (χ3v) is 5.23. The van der Waals surface area contributed by atoms with Gasteiger partial charge in [-0.3, -0.25) is 9.59 Å². The van der Waals surface area contributed by atoms with Crippen molar-refractivity contribution in [2.24, 2.45) is 5.92 Å². The van der Waals surface area contributed by atoms with Crippen molar-refractivity contribution in [3.05, 3.63) is 59.7 Å². The Morgan fingerprint density at radius 2 is 1.55 bits per heavy atom. The maximum Gasteiger partial charge on any atom is 0.306 e. The summed E-state index contributed by atoms with van der Waals surface area (Å²) in [5.74, 6) is -0.555. The molecular weight excluding hydrogens is 370 g/mol. The van der Waals surface area contributed by atoms with E-state index in [2.05, 4.69) is 15.5 Å². The molecule has 1 heterocycles. The lowest BCUT2D eigenvalue weighted by Gasteiger charge is -2.12. The van der Waals surface area contributed by atoms with Gasteiger partial charge in [0.05, 0.1) is 5.92 Å². The maximum atomic E-state index is 12.4. The monoisotopic (exact) mass is 391 g/mol. The minimum atomic E-state index is -0.796. The standard InChI is InChI=1S/C22H21N3O4/c1-13-2-4-15(5-3-13)20-24-25-21(29-20)16-8-6-14(7-9-16)19(26)23-18-11-10-17(12-18)22(27)28/h2-9,17-18H,10-12H2,1H3,(H,23,26)(H,27,28)/t17-,18+/m0/s1. The van der Waals surface area contributed by atoms with E-state index in [1.807, 2.05) is 31.2 Å². The fourth-order valence-electron chi connectivity index (χ4n) is 3.52. The van der Waals surface area contributed by atoms with Gasteiger partial charge in [-0.25, -0.2) is 0 Å². The van der Waals surface area contributed by atoms with Gasteiger partial charge in [0.25, 0.3) is 5.91 Å². The van der Waals surface area contributed by atoms with Crippen molar-refractivity contribution >= 4 is 11.9 Å². The maximum absolute atomic E-state index is 12.4. The molecule has 2 aromatic carbocycles. The number of nitrogens with one attached hydrogen (secondary N) is 1. The quantitative estimate of drug-likeness (QED) is 0.687. The third kappa shape index (κ3) is 4.18. The van der Waals surface area contributed by atoms with Crippen LogP contribution in [-0.2, 0) is 4.79 Å². The van der Waals surface area contributed by atoms with Crippen LogP contribution in [0.2, 0.25) is 0 Å². The van der Waals surface area contributed by atoms with E-state index >= 15 is 0 Å². The van der Waals surface area contributed by atoms with Gasteiger partial charge in [-0.15, -0.1) is 10.2 Å². The van der Waals surface area contributed by atoms with Gasteiger partial charge in [0.1, 0.15) is 0 Å². The lowest BCUT2D eigenvalue weighted by Crippen LogP contribution is -2.33. The summed E-state index contributed by atoms with van der Waals surface area (Å²) in [5.41, 5.74) is 3.23. The van der Waals surface area contributed by atoms with Crippen LogP contribution in [0.4, 0.5) is 0 Å². The normalized spacial score (nSPS) is 18.5. The summed E-state index contributed by atoms with van der Waals surface area (Å²) in [6.45, 7) is 2.01. The summed E-state index contributed by atoms with van der Waals surface area (Å²) < 4.78 is 5.76. The first kappa shape index (κ1) is 18.9. The van der Waals surface area contributed by atoms with Gasteiger partial charge in [-0.2, -0.15) is 0 Å². The van der Waals surface area contributed by atoms with Crippen LogP contribution in [0.25, 0.3) is 22.9 Å². The molecule has 3 aromatic rings. The highest BCUT2D eigenvalue weighted by Gasteiger charge is 2.30. The van der Waals surface area contributed by atoms with Gasteiger partial charge < -0.3 is 14.8 Å². The van der Waals surface area contributed by atoms with E-state index in [1.54, 1.807) is 24.3 Å². The Hall–Kier alpha value is -3.48. The average molecular weight is 391 g/mol. The number of rotatable bonds is 5. The molecule has 1 aromatic heterocycles. The fourth-order valence-corrected chi connectivity index (χ4v) is 3.52.